The van der Waals surface area contributed by atoms with E-state index in [0.717, 1.165) is 28.2 Å². The van der Waals surface area contributed by atoms with Crippen LogP contribution in [0.15, 0.2) is 24.3 Å². The van der Waals surface area contributed by atoms with Crippen LogP contribution in [0.1, 0.15) is 5.56 Å². The van der Waals surface area contributed by atoms with Gasteiger partial charge in [0.15, 0.2) is 0 Å². The van der Waals surface area contributed by atoms with Crippen LogP contribution in [0, 0.1) is 0 Å². The molecule has 0 aromatic heterocycles. The molecular weight excluding hydrogens is 324 g/mol. The van der Waals surface area contributed by atoms with Crippen molar-refractivity contribution in [3.05, 3.63) is 34.9 Å². The standard InChI is InChI=1S/C11H17ClNO.HI/c1-13(2,7-8-14)9-10-5-3-4-6-11(10)12;/h3-6,14H,7-9H2,1-2H3;1H/q+1;/p-1. The van der Waals surface area contributed by atoms with Crippen molar-refractivity contribution in [1.82, 2.24) is 0 Å². The zero-order valence-corrected chi connectivity index (χ0v) is 12.0. The first-order valence-corrected chi connectivity index (χ1v) is 5.09. The molecule has 0 aliphatic rings. The smallest absolute Gasteiger partial charge is 0.105 e. The first-order valence-electron chi connectivity index (χ1n) is 4.71. The predicted molar refractivity (Wildman–Crippen MR) is 59.2 cm³/mol. The number of rotatable bonds is 4. The Morgan fingerprint density at radius 3 is 2.40 bits per heavy atom. The maximum absolute atomic E-state index is 8.90. The molecule has 0 saturated heterocycles. The van der Waals surface area contributed by atoms with Crippen molar-refractivity contribution >= 4 is 11.6 Å². The van der Waals surface area contributed by atoms with Crippen LogP contribution >= 0.6 is 11.6 Å². The van der Waals surface area contributed by atoms with Gasteiger partial charge in [0.1, 0.15) is 13.1 Å². The molecule has 0 aliphatic heterocycles. The monoisotopic (exact) mass is 341 g/mol. The summed E-state index contributed by atoms with van der Waals surface area (Å²) in [6.45, 7) is 1.79. The fraction of sp³-hybridized carbons (Fsp3) is 0.455. The lowest BCUT2D eigenvalue weighted by Gasteiger charge is -2.29. The van der Waals surface area contributed by atoms with Crippen LogP contribution < -0.4 is 24.0 Å². The summed E-state index contributed by atoms with van der Waals surface area (Å²) >= 11 is 6.06. The summed E-state index contributed by atoms with van der Waals surface area (Å²) in [5.74, 6) is 0. The van der Waals surface area contributed by atoms with E-state index in [-0.39, 0.29) is 30.6 Å². The highest BCUT2D eigenvalue weighted by molar-refractivity contribution is 6.31. The molecule has 0 unspecified atom stereocenters. The zero-order chi connectivity index (χ0) is 10.6. The van der Waals surface area contributed by atoms with Gasteiger partial charge in [-0.15, -0.1) is 0 Å². The third-order valence-corrected chi connectivity index (χ3v) is 2.63. The van der Waals surface area contributed by atoms with Gasteiger partial charge in [-0.25, -0.2) is 0 Å². The fourth-order valence-corrected chi connectivity index (χ4v) is 1.63. The number of quaternary nitrogens is 1. The molecule has 2 nitrogen and oxygen atoms in total. The summed E-state index contributed by atoms with van der Waals surface area (Å²) < 4.78 is 0.750. The highest BCUT2D eigenvalue weighted by atomic mass is 127. The topological polar surface area (TPSA) is 20.2 Å². The third kappa shape index (κ3) is 5.15. The fourth-order valence-electron chi connectivity index (χ4n) is 1.44. The van der Waals surface area contributed by atoms with E-state index in [1.807, 2.05) is 24.3 Å². The maximum Gasteiger partial charge on any atom is 0.105 e. The number of halogens is 2. The maximum atomic E-state index is 8.90. The van der Waals surface area contributed by atoms with Gasteiger partial charge in [0.05, 0.1) is 20.7 Å². The summed E-state index contributed by atoms with van der Waals surface area (Å²) in [6.07, 6.45) is 0. The lowest BCUT2D eigenvalue weighted by Crippen LogP contribution is -3.00. The summed E-state index contributed by atoms with van der Waals surface area (Å²) in [5.41, 5.74) is 1.13. The molecule has 0 aliphatic carbocycles. The van der Waals surface area contributed by atoms with Crippen molar-refractivity contribution in [1.29, 1.82) is 0 Å². The van der Waals surface area contributed by atoms with Crippen molar-refractivity contribution in [2.24, 2.45) is 0 Å². The molecule has 1 rings (SSSR count). The molecule has 15 heavy (non-hydrogen) atoms. The van der Waals surface area contributed by atoms with E-state index in [1.165, 1.54) is 0 Å². The lowest BCUT2D eigenvalue weighted by molar-refractivity contribution is -0.903. The van der Waals surface area contributed by atoms with E-state index in [1.54, 1.807) is 0 Å². The van der Waals surface area contributed by atoms with Gasteiger partial charge in [0, 0.05) is 10.6 Å². The number of likely N-dealkylation sites (N-methyl/N-ethyl adjacent to an activating group) is 1. The minimum atomic E-state index is 0. The van der Waals surface area contributed by atoms with Crippen molar-refractivity contribution < 1.29 is 33.6 Å². The van der Waals surface area contributed by atoms with Crippen LogP contribution in [-0.2, 0) is 6.54 Å². The van der Waals surface area contributed by atoms with E-state index in [0.29, 0.717) is 0 Å². The van der Waals surface area contributed by atoms with E-state index >= 15 is 0 Å². The average Bonchev–Trinajstić information content (AvgIpc) is 2.08. The summed E-state index contributed by atoms with van der Waals surface area (Å²) in [4.78, 5) is 0. The molecule has 1 aromatic rings. The van der Waals surface area contributed by atoms with Crippen molar-refractivity contribution in [2.45, 2.75) is 6.54 Å². The van der Waals surface area contributed by atoms with Crippen LogP contribution in [0.5, 0.6) is 0 Å². The first-order chi connectivity index (χ1) is 6.55. The molecule has 0 heterocycles. The molecule has 4 heteroatoms. The Hall–Kier alpha value is 0.160. The van der Waals surface area contributed by atoms with Gasteiger partial charge in [-0.2, -0.15) is 0 Å². The molecule has 1 aromatic carbocycles. The highest BCUT2D eigenvalue weighted by Gasteiger charge is 2.16. The number of hydrogen-bond donors (Lipinski definition) is 1. The summed E-state index contributed by atoms with van der Waals surface area (Å²) in [7, 11) is 4.17. The Labute approximate surface area is 113 Å². The van der Waals surface area contributed by atoms with Gasteiger partial charge < -0.3 is 33.6 Å². The van der Waals surface area contributed by atoms with Gasteiger partial charge in [0.25, 0.3) is 0 Å². The number of benzene rings is 1. The predicted octanol–water partition coefficient (Wildman–Crippen LogP) is -1.09. The van der Waals surface area contributed by atoms with Crippen molar-refractivity contribution in [2.75, 3.05) is 27.2 Å². The molecule has 0 atom stereocenters. The molecule has 0 bridgehead atoms. The van der Waals surface area contributed by atoms with Crippen LogP contribution in [0.2, 0.25) is 5.02 Å². The second kappa shape index (κ2) is 6.68. The second-order valence-electron chi connectivity index (χ2n) is 4.13. The van der Waals surface area contributed by atoms with Gasteiger partial charge >= 0.3 is 0 Å². The summed E-state index contributed by atoms with van der Waals surface area (Å²) in [6, 6.07) is 7.84. The Morgan fingerprint density at radius 1 is 1.27 bits per heavy atom. The van der Waals surface area contributed by atoms with Crippen LogP contribution in [0.25, 0.3) is 0 Å². The number of aliphatic hydroxyl groups is 1. The number of aliphatic hydroxyl groups excluding tert-OH is 1. The largest absolute Gasteiger partial charge is 1.00 e. The van der Waals surface area contributed by atoms with Crippen LogP contribution in [0.3, 0.4) is 0 Å². The normalized spacial score (nSPS) is 10.9. The van der Waals surface area contributed by atoms with E-state index in [2.05, 4.69) is 14.1 Å². The highest BCUT2D eigenvalue weighted by Crippen LogP contribution is 2.18. The molecular formula is C11H17ClINO. The first kappa shape index (κ1) is 15.2. The van der Waals surface area contributed by atoms with Gasteiger partial charge in [-0.1, -0.05) is 29.8 Å². The minimum Gasteiger partial charge on any atom is -1.00 e. The van der Waals surface area contributed by atoms with Gasteiger partial charge in [-0.3, -0.25) is 0 Å². The molecule has 0 spiro atoms. The Kier molecular flexibility index (Phi) is 6.75. The van der Waals surface area contributed by atoms with E-state index in [9.17, 15) is 0 Å². The van der Waals surface area contributed by atoms with Crippen LogP contribution in [-0.4, -0.2) is 36.8 Å². The third-order valence-electron chi connectivity index (χ3n) is 2.26. The average molecular weight is 342 g/mol. The summed E-state index contributed by atoms with van der Waals surface area (Å²) in [5, 5.41) is 9.70. The molecule has 1 N–H and O–H groups in total. The SMILES string of the molecule is C[N+](C)(CCO)Cc1ccccc1Cl.[I-]. The Bertz CT molecular complexity index is 304. The second-order valence-corrected chi connectivity index (χ2v) is 4.54. The van der Waals surface area contributed by atoms with Gasteiger partial charge in [-0.05, 0) is 6.07 Å². The van der Waals surface area contributed by atoms with E-state index < -0.39 is 0 Å². The molecule has 0 fully saturated rings. The number of hydrogen-bond acceptors (Lipinski definition) is 1. The Balaban J connectivity index is 0.00000196. The van der Waals surface area contributed by atoms with Gasteiger partial charge in [0.2, 0.25) is 0 Å². The quantitative estimate of drug-likeness (QED) is 0.545. The van der Waals surface area contributed by atoms with E-state index in [4.69, 9.17) is 16.7 Å². The minimum absolute atomic E-state index is 0. The molecule has 0 saturated carbocycles. The zero-order valence-electron chi connectivity index (χ0n) is 9.08. The van der Waals surface area contributed by atoms with Crippen LogP contribution in [0.4, 0.5) is 0 Å². The molecule has 86 valence electrons. The lowest BCUT2D eigenvalue weighted by atomic mass is 10.2. The Morgan fingerprint density at radius 2 is 1.87 bits per heavy atom. The number of nitrogens with zero attached hydrogens (tertiary/aromatic N) is 1. The van der Waals surface area contributed by atoms with Crippen molar-refractivity contribution in [3.8, 4) is 0 Å². The molecule has 0 amide bonds. The molecule has 0 radical (unpaired) electrons. The van der Waals surface area contributed by atoms with Crippen molar-refractivity contribution in [3.63, 3.8) is 0 Å².